The summed E-state index contributed by atoms with van der Waals surface area (Å²) in [5, 5.41) is 9.95. The van der Waals surface area contributed by atoms with Crippen LogP contribution in [0.25, 0.3) is 0 Å². The zero-order valence-electron chi connectivity index (χ0n) is 18.1. The molecule has 0 aliphatic carbocycles. The fourth-order valence-electron chi connectivity index (χ4n) is 3.88. The van der Waals surface area contributed by atoms with Crippen molar-refractivity contribution in [3.05, 3.63) is 76.9 Å². The molecule has 0 amide bonds. The van der Waals surface area contributed by atoms with Crippen LogP contribution in [0.3, 0.4) is 0 Å². The third kappa shape index (κ3) is 5.93. The monoisotopic (exact) mass is 440 g/mol. The molecule has 2 heterocycles. The summed E-state index contributed by atoms with van der Waals surface area (Å²) in [5.41, 5.74) is 3.54. The summed E-state index contributed by atoms with van der Waals surface area (Å²) in [6.07, 6.45) is 2.38. The topological polar surface area (TPSA) is 43.2 Å². The van der Waals surface area contributed by atoms with Crippen LogP contribution in [0, 0.1) is 12.7 Å². The Hall–Kier alpha value is -2.22. The number of thioether (sulfide) groups is 1. The molecule has 0 spiro atoms. The summed E-state index contributed by atoms with van der Waals surface area (Å²) in [6.45, 7) is 5.02. The van der Waals surface area contributed by atoms with E-state index in [1.807, 2.05) is 13.1 Å². The van der Waals surface area contributed by atoms with Crippen molar-refractivity contribution in [2.75, 3.05) is 13.7 Å². The van der Waals surface area contributed by atoms with Gasteiger partial charge in [0.05, 0.1) is 19.2 Å². The van der Waals surface area contributed by atoms with Crippen LogP contribution in [0.2, 0.25) is 0 Å². The van der Waals surface area contributed by atoms with Gasteiger partial charge in [-0.05, 0) is 55.6 Å². The lowest BCUT2D eigenvalue weighted by Crippen LogP contribution is -2.23. The maximum atomic E-state index is 13.5. The van der Waals surface area contributed by atoms with E-state index in [9.17, 15) is 4.39 Å². The molecule has 0 saturated carbocycles. The van der Waals surface area contributed by atoms with Gasteiger partial charge in [0.25, 0.3) is 0 Å². The molecule has 0 bridgehead atoms. The van der Waals surface area contributed by atoms with Crippen LogP contribution in [0.5, 0.6) is 0 Å². The first kappa shape index (κ1) is 22.0. The third-order valence-corrected chi connectivity index (χ3v) is 6.59. The van der Waals surface area contributed by atoms with Crippen LogP contribution in [0.4, 0.5) is 4.39 Å². The second-order valence-electron chi connectivity index (χ2n) is 8.16. The smallest absolute Gasteiger partial charge is 0.191 e. The van der Waals surface area contributed by atoms with E-state index >= 15 is 0 Å². The largest absolute Gasteiger partial charge is 0.376 e. The highest BCUT2D eigenvalue weighted by Crippen LogP contribution is 2.26. The molecule has 164 valence electrons. The lowest BCUT2D eigenvalue weighted by molar-refractivity contribution is 0.0934. The highest BCUT2D eigenvalue weighted by Gasteiger charge is 2.22. The van der Waals surface area contributed by atoms with Crippen LogP contribution in [0.1, 0.15) is 35.4 Å². The summed E-state index contributed by atoms with van der Waals surface area (Å²) in [4.78, 5) is 2.14. The number of aryl methyl sites for hydroxylation is 1. The van der Waals surface area contributed by atoms with Gasteiger partial charge in [-0.3, -0.25) is 4.90 Å². The van der Waals surface area contributed by atoms with E-state index in [0.29, 0.717) is 13.1 Å². The Balaban J connectivity index is 1.48. The number of ether oxygens (including phenoxy) is 1. The molecule has 4 rings (SSSR count). The van der Waals surface area contributed by atoms with Gasteiger partial charge in [-0.2, -0.15) is 0 Å². The molecular weight excluding hydrogens is 411 g/mol. The molecule has 1 aliphatic heterocycles. The zero-order valence-corrected chi connectivity index (χ0v) is 18.9. The van der Waals surface area contributed by atoms with E-state index in [-0.39, 0.29) is 11.9 Å². The maximum absolute atomic E-state index is 13.5. The lowest BCUT2D eigenvalue weighted by atomic mass is 10.1. The lowest BCUT2D eigenvalue weighted by Gasteiger charge is -2.19. The fraction of sp³-hybridized carbons (Fsp3) is 0.417. The molecular formula is C24H29FN4OS. The molecule has 2 aromatic carbocycles. The Kier molecular flexibility index (Phi) is 7.37. The van der Waals surface area contributed by atoms with Crippen LogP contribution < -0.4 is 0 Å². The van der Waals surface area contributed by atoms with Gasteiger partial charge in [-0.1, -0.05) is 48.2 Å². The van der Waals surface area contributed by atoms with Gasteiger partial charge in [0.15, 0.2) is 5.16 Å². The molecule has 0 N–H and O–H groups in total. The van der Waals surface area contributed by atoms with Crippen molar-refractivity contribution in [1.82, 2.24) is 19.7 Å². The molecule has 1 saturated heterocycles. The fourth-order valence-corrected chi connectivity index (χ4v) is 4.92. The average molecular weight is 441 g/mol. The summed E-state index contributed by atoms with van der Waals surface area (Å²) >= 11 is 1.72. The van der Waals surface area contributed by atoms with Crippen molar-refractivity contribution in [2.24, 2.45) is 0 Å². The van der Waals surface area contributed by atoms with Crippen molar-refractivity contribution in [3.8, 4) is 0 Å². The molecule has 0 radical (unpaired) electrons. The van der Waals surface area contributed by atoms with E-state index in [2.05, 4.69) is 50.9 Å². The molecule has 1 fully saturated rings. The van der Waals surface area contributed by atoms with Gasteiger partial charge in [-0.15, -0.1) is 10.2 Å². The van der Waals surface area contributed by atoms with Crippen molar-refractivity contribution in [1.29, 1.82) is 0 Å². The van der Waals surface area contributed by atoms with Crippen molar-refractivity contribution in [2.45, 2.75) is 56.4 Å². The average Bonchev–Trinajstić information content (AvgIpc) is 3.38. The van der Waals surface area contributed by atoms with E-state index in [1.165, 1.54) is 17.2 Å². The second-order valence-corrected chi connectivity index (χ2v) is 9.10. The van der Waals surface area contributed by atoms with Crippen LogP contribution >= 0.6 is 11.8 Å². The SMILES string of the molecule is Cc1ccccc1CSc1nnc(CN(C)Cc2cccc(F)c2)n1C[C@H]1CCCO1. The normalized spacial score (nSPS) is 16.3. The predicted molar refractivity (Wildman–Crippen MR) is 121 cm³/mol. The standard InChI is InChI=1S/C24H29FN4OS/c1-18-7-3-4-9-20(18)17-31-24-27-26-23(29(24)15-22-11-6-12-30-22)16-28(2)14-19-8-5-10-21(25)13-19/h3-5,7-10,13,22H,6,11-12,14-17H2,1-2H3/t22-/m1/s1. The van der Waals surface area contributed by atoms with Crippen LogP contribution in [0.15, 0.2) is 53.7 Å². The molecule has 7 heteroatoms. The third-order valence-electron chi connectivity index (χ3n) is 5.57. The van der Waals surface area contributed by atoms with E-state index < -0.39 is 0 Å². The zero-order chi connectivity index (χ0) is 21.6. The van der Waals surface area contributed by atoms with Crippen LogP contribution in [-0.2, 0) is 30.1 Å². The minimum absolute atomic E-state index is 0.206. The minimum Gasteiger partial charge on any atom is -0.376 e. The van der Waals surface area contributed by atoms with Crippen LogP contribution in [-0.4, -0.2) is 39.4 Å². The van der Waals surface area contributed by atoms with Gasteiger partial charge >= 0.3 is 0 Å². The number of halogens is 1. The first-order chi connectivity index (χ1) is 15.1. The molecule has 0 unspecified atom stereocenters. The Bertz CT molecular complexity index is 1000. The molecule has 1 aliphatic rings. The van der Waals surface area contributed by atoms with Gasteiger partial charge < -0.3 is 9.30 Å². The molecule has 31 heavy (non-hydrogen) atoms. The van der Waals surface area contributed by atoms with Crippen molar-refractivity contribution in [3.63, 3.8) is 0 Å². The number of aromatic nitrogens is 3. The number of nitrogens with zero attached hydrogens (tertiary/aromatic N) is 4. The number of hydrogen-bond acceptors (Lipinski definition) is 5. The number of hydrogen-bond donors (Lipinski definition) is 0. The highest BCUT2D eigenvalue weighted by atomic mass is 32.2. The number of benzene rings is 2. The minimum atomic E-state index is -0.206. The summed E-state index contributed by atoms with van der Waals surface area (Å²) < 4.78 is 21.6. The van der Waals surface area contributed by atoms with E-state index in [0.717, 1.165) is 48.3 Å². The maximum Gasteiger partial charge on any atom is 0.191 e. The Morgan fingerprint density at radius 2 is 2.03 bits per heavy atom. The Morgan fingerprint density at radius 1 is 1.16 bits per heavy atom. The second kappa shape index (κ2) is 10.4. The summed E-state index contributed by atoms with van der Waals surface area (Å²) in [5.74, 6) is 1.57. The van der Waals surface area contributed by atoms with Crippen molar-refractivity contribution < 1.29 is 9.13 Å². The Morgan fingerprint density at radius 3 is 2.81 bits per heavy atom. The highest BCUT2D eigenvalue weighted by molar-refractivity contribution is 7.98. The van der Waals surface area contributed by atoms with Gasteiger partial charge in [0, 0.05) is 18.9 Å². The van der Waals surface area contributed by atoms with E-state index in [4.69, 9.17) is 4.74 Å². The van der Waals surface area contributed by atoms with E-state index in [1.54, 1.807) is 23.9 Å². The Labute approximate surface area is 187 Å². The van der Waals surface area contributed by atoms with Gasteiger partial charge in [-0.25, -0.2) is 4.39 Å². The predicted octanol–water partition coefficient (Wildman–Crippen LogP) is 4.83. The molecule has 3 aromatic rings. The molecule has 5 nitrogen and oxygen atoms in total. The van der Waals surface area contributed by atoms with Crippen molar-refractivity contribution >= 4 is 11.8 Å². The molecule has 1 aromatic heterocycles. The quantitative estimate of drug-likeness (QED) is 0.446. The first-order valence-corrected chi connectivity index (χ1v) is 11.7. The van der Waals surface area contributed by atoms with Gasteiger partial charge in [0.1, 0.15) is 11.6 Å². The molecule has 1 atom stereocenters. The summed E-state index contributed by atoms with van der Waals surface area (Å²) in [7, 11) is 2.02. The summed E-state index contributed by atoms with van der Waals surface area (Å²) in [6, 6.07) is 15.2. The number of rotatable bonds is 9. The van der Waals surface area contributed by atoms with Gasteiger partial charge in [0.2, 0.25) is 0 Å². The first-order valence-electron chi connectivity index (χ1n) is 10.7.